The number of carbonyl (C=O) groups is 1. The van der Waals surface area contributed by atoms with Crippen LogP contribution in [-0.4, -0.2) is 49.5 Å². The van der Waals surface area contributed by atoms with Crippen molar-refractivity contribution < 1.29 is 33.4 Å². The molecule has 0 amide bonds. The van der Waals surface area contributed by atoms with Crippen molar-refractivity contribution >= 4 is 45.0 Å². The van der Waals surface area contributed by atoms with E-state index in [1.165, 1.54) is 43.1 Å². The number of methoxy groups -OCH3 is 2. The van der Waals surface area contributed by atoms with Crippen LogP contribution in [0.15, 0.2) is 62.5 Å². The number of nitro benzene ring substituents is 1. The molecule has 0 spiro atoms. The van der Waals surface area contributed by atoms with Crippen LogP contribution in [0.3, 0.4) is 0 Å². The molecule has 0 bridgehead atoms. The summed E-state index contributed by atoms with van der Waals surface area (Å²) in [7, 11) is 2.85. The number of aromatic nitrogens is 1. The first kappa shape index (κ1) is 32.5. The standard InChI is InChI=1S/C30H30BrN3O9S/c1-7-10-43-27-17(11-18(34(37)38)13-23(27)40-6)12-24-28(35)33-26(19-14-21(39-5)22(41-8-2)15-20(19)31)25(29(36)42-9-3)16(4)32-30(33)44-24/h7,11-15,26H,1,8-10H2,2-6H3/b24-12-/t26-/m1/s1. The Morgan fingerprint density at radius 3 is 2.48 bits per heavy atom. The van der Waals surface area contributed by atoms with Crippen molar-refractivity contribution in [2.75, 3.05) is 34.0 Å². The van der Waals surface area contributed by atoms with Crippen LogP contribution in [0.2, 0.25) is 0 Å². The zero-order chi connectivity index (χ0) is 32.1. The highest BCUT2D eigenvalue weighted by Gasteiger charge is 2.35. The average molecular weight is 689 g/mol. The summed E-state index contributed by atoms with van der Waals surface area (Å²) < 4.78 is 30.0. The van der Waals surface area contributed by atoms with Gasteiger partial charge in [0.1, 0.15) is 6.61 Å². The van der Waals surface area contributed by atoms with Crippen molar-refractivity contribution in [2.24, 2.45) is 4.99 Å². The number of thiazole rings is 1. The van der Waals surface area contributed by atoms with E-state index in [9.17, 15) is 19.7 Å². The normalized spacial score (nSPS) is 14.4. The topological polar surface area (TPSA) is 141 Å². The average Bonchev–Trinajstić information content (AvgIpc) is 3.29. The Labute approximate surface area is 264 Å². The SMILES string of the molecule is C=CCOc1c(/C=c2\sc3n(c2=O)[C@H](c2cc(OC)c(OCC)cc2Br)C(C(=O)OCC)=C(C)N=3)cc([N+](=O)[O-])cc1OC. The van der Waals surface area contributed by atoms with E-state index in [-0.39, 0.29) is 46.1 Å². The largest absolute Gasteiger partial charge is 0.493 e. The van der Waals surface area contributed by atoms with Crippen LogP contribution in [0.4, 0.5) is 5.69 Å². The van der Waals surface area contributed by atoms with Gasteiger partial charge in [-0.2, -0.15) is 0 Å². The number of hydrogen-bond acceptors (Lipinski definition) is 11. The summed E-state index contributed by atoms with van der Waals surface area (Å²) in [6, 6.07) is 4.98. The van der Waals surface area contributed by atoms with E-state index in [2.05, 4.69) is 27.5 Å². The van der Waals surface area contributed by atoms with E-state index in [0.717, 1.165) is 11.3 Å². The Hall–Kier alpha value is -4.43. The highest BCUT2D eigenvalue weighted by Crippen LogP contribution is 2.41. The van der Waals surface area contributed by atoms with E-state index in [0.29, 0.717) is 38.6 Å². The van der Waals surface area contributed by atoms with Gasteiger partial charge < -0.3 is 23.7 Å². The number of esters is 1. The van der Waals surface area contributed by atoms with E-state index in [4.69, 9.17) is 23.7 Å². The highest BCUT2D eigenvalue weighted by molar-refractivity contribution is 9.10. The summed E-state index contributed by atoms with van der Waals surface area (Å²) in [6.45, 7) is 9.45. The molecule has 0 fully saturated rings. The molecule has 0 saturated heterocycles. The summed E-state index contributed by atoms with van der Waals surface area (Å²) in [5, 5.41) is 11.7. The summed E-state index contributed by atoms with van der Waals surface area (Å²) in [5.41, 5.74) is 0.563. The van der Waals surface area contributed by atoms with Gasteiger partial charge in [-0.05, 0) is 44.5 Å². The fourth-order valence-corrected chi connectivity index (χ4v) is 6.26. The van der Waals surface area contributed by atoms with Gasteiger partial charge in [-0.25, -0.2) is 9.79 Å². The van der Waals surface area contributed by atoms with E-state index < -0.39 is 22.5 Å². The van der Waals surface area contributed by atoms with Crippen LogP contribution in [0.25, 0.3) is 6.08 Å². The van der Waals surface area contributed by atoms with Crippen LogP contribution >= 0.6 is 27.3 Å². The molecular formula is C30H30BrN3O9S. The van der Waals surface area contributed by atoms with Crippen LogP contribution in [-0.2, 0) is 9.53 Å². The lowest BCUT2D eigenvalue weighted by atomic mass is 9.95. The van der Waals surface area contributed by atoms with Gasteiger partial charge in [0, 0.05) is 16.1 Å². The second-order valence-electron chi connectivity index (χ2n) is 9.18. The molecule has 12 nitrogen and oxygen atoms in total. The molecule has 0 unspecified atom stereocenters. The van der Waals surface area contributed by atoms with Crippen molar-refractivity contribution in [3.05, 3.63) is 93.6 Å². The Bertz CT molecular complexity index is 1850. The van der Waals surface area contributed by atoms with Gasteiger partial charge in [-0.15, -0.1) is 0 Å². The summed E-state index contributed by atoms with van der Waals surface area (Å²) in [5.74, 6) is 0.559. The van der Waals surface area contributed by atoms with Gasteiger partial charge in [-0.3, -0.25) is 19.5 Å². The molecule has 232 valence electrons. The number of halogens is 1. The zero-order valence-corrected chi connectivity index (χ0v) is 27.1. The number of benzene rings is 2. The smallest absolute Gasteiger partial charge is 0.338 e. The van der Waals surface area contributed by atoms with E-state index in [1.807, 2.05) is 6.92 Å². The van der Waals surface area contributed by atoms with Gasteiger partial charge >= 0.3 is 5.97 Å². The van der Waals surface area contributed by atoms with Crippen molar-refractivity contribution in [1.29, 1.82) is 0 Å². The molecule has 4 rings (SSSR count). The molecule has 0 aliphatic carbocycles. The van der Waals surface area contributed by atoms with Crippen molar-refractivity contribution in [1.82, 2.24) is 4.57 Å². The second-order valence-corrected chi connectivity index (χ2v) is 11.0. The number of carbonyl (C=O) groups excluding carboxylic acids is 1. The molecule has 44 heavy (non-hydrogen) atoms. The molecule has 14 heteroatoms. The number of nitro groups is 1. The van der Waals surface area contributed by atoms with Gasteiger partial charge in [0.25, 0.3) is 11.2 Å². The molecule has 1 atom stereocenters. The number of non-ortho nitro benzene ring substituents is 1. The van der Waals surface area contributed by atoms with E-state index >= 15 is 0 Å². The second kappa shape index (κ2) is 13.9. The number of allylic oxidation sites excluding steroid dienone is 1. The lowest BCUT2D eigenvalue weighted by Crippen LogP contribution is -2.40. The lowest BCUT2D eigenvalue weighted by molar-refractivity contribution is -0.385. The molecule has 2 aromatic carbocycles. The third-order valence-electron chi connectivity index (χ3n) is 6.53. The Balaban J connectivity index is 2.04. The number of nitrogens with zero attached hydrogens (tertiary/aromatic N) is 3. The summed E-state index contributed by atoms with van der Waals surface area (Å²) >= 11 is 4.65. The molecule has 0 N–H and O–H groups in total. The number of hydrogen-bond donors (Lipinski definition) is 0. The minimum absolute atomic E-state index is 0.0892. The summed E-state index contributed by atoms with van der Waals surface area (Å²) in [6.07, 6.45) is 2.99. The van der Waals surface area contributed by atoms with Gasteiger partial charge in [-0.1, -0.05) is 39.9 Å². The predicted molar refractivity (Wildman–Crippen MR) is 168 cm³/mol. The van der Waals surface area contributed by atoms with Crippen LogP contribution < -0.4 is 33.8 Å². The first-order valence-electron chi connectivity index (χ1n) is 13.4. The quantitative estimate of drug-likeness (QED) is 0.117. The minimum atomic E-state index is -0.956. The zero-order valence-electron chi connectivity index (χ0n) is 24.7. The molecule has 0 radical (unpaired) electrons. The number of fused-ring (bicyclic) bond motifs is 1. The molecular weight excluding hydrogens is 658 g/mol. The maximum Gasteiger partial charge on any atom is 0.338 e. The summed E-state index contributed by atoms with van der Waals surface area (Å²) in [4.78, 5) is 43.5. The van der Waals surface area contributed by atoms with Crippen LogP contribution in [0.5, 0.6) is 23.0 Å². The highest BCUT2D eigenvalue weighted by atomic mass is 79.9. The molecule has 3 aromatic rings. The maximum absolute atomic E-state index is 14.2. The molecule has 1 aliphatic rings. The first-order valence-corrected chi connectivity index (χ1v) is 15.0. The minimum Gasteiger partial charge on any atom is -0.493 e. The van der Waals surface area contributed by atoms with Crippen molar-refractivity contribution in [3.63, 3.8) is 0 Å². The third-order valence-corrected chi connectivity index (χ3v) is 8.20. The fraction of sp³-hybridized carbons (Fsp3) is 0.300. The molecule has 2 heterocycles. The molecule has 1 aliphatic heterocycles. The Morgan fingerprint density at radius 2 is 1.86 bits per heavy atom. The predicted octanol–water partition coefficient (Wildman–Crippen LogP) is 4.45. The maximum atomic E-state index is 14.2. The Morgan fingerprint density at radius 1 is 1.14 bits per heavy atom. The van der Waals surface area contributed by atoms with Crippen LogP contribution in [0, 0.1) is 10.1 Å². The van der Waals surface area contributed by atoms with Crippen molar-refractivity contribution in [2.45, 2.75) is 26.8 Å². The van der Waals surface area contributed by atoms with Gasteiger partial charge in [0.15, 0.2) is 27.8 Å². The van der Waals surface area contributed by atoms with Crippen molar-refractivity contribution in [3.8, 4) is 23.0 Å². The van der Waals surface area contributed by atoms with Gasteiger partial charge in [0.2, 0.25) is 0 Å². The van der Waals surface area contributed by atoms with E-state index in [1.54, 1.807) is 26.0 Å². The Kier molecular flexibility index (Phi) is 10.3. The molecule has 0 saturated carbocycles. The van der Waals surface area contributed by atoms with Gasteiger partial charge in [0.05, 0.1) is 60.3 Å². The molecule has 1 aromatic heterocycles. The third kappa shape index (κ3) is 6.26. The monoisotopic (exact) mass is 687 g/mol. The number of rotatable bonds is 12. The number of ether oxygens (including phenoxy) is 5. The van der Waals surface area contributed by atoms with Crippen LogP contribution in [0.1, 0.15) is 37.9 Å². The lowest BCUT2D eigenvalue weighted by Gasteiger charge is -2.26. The fourth-order valence-electron chi connectivity index (χ4n) is 4.68. The first-order chi connectivity index (χ1) is 21.1.